The summed E-state index contributed by atoms with van der Waals surface area (Å²) < 4.78 is 26.3. The minimum atomic E-state index is -3.66. The second-order valence-corrected chi connectivity index (χ2v) is 10.1. The normalized spacial score (nSPS) is 11.8. The summed E-state index contributed by atoms with van der Waals surface area (Å²) >= 11 is 3.33. The van der Waals surface area contributed by atoms with Gasteiger partial charge in [0.25, 0.3) is 5.91 Å². The molecule has 4 rings (SSSR count). The van der Waals surface area contributed by atoms with Crippen LogP contribution in [-0.4, -0.2) is 33.3 Å². The molecule has 0 unspecified atom stereocenters. The van der Waals surface area contributed by atoms with Crippen LogP contribution in [0.5, 0.6) is 0 Å². The third kappa shape index (κ3) is 4.81. The lowest BCUT2D eigenvalue weighted by Gasteiger charge is -2.21. The lowest BCUT2D eigenvalue weighted by atomic mass is 9.97. The van der Waals surface area contributed by atoms with E-state index >= 15 is 0 Å². The first-order valence-electron chi connectivity index (χ1n) is 9.78. The Morgan fingerprint density at radius 3 is 2.19 bits per heavy atom. The van der Waals surface area contributed by atoms with E-state index in [1.807, 2.05) is 48.5 Å². The summed E-state index contributed by atoms with van der Waals surface area (Å²) in [5.74, 6) is -0.545. The van der Waals surface area contributed by atoms with Crippen LogP contribution in [0.15, 0.2) is 88.4 Å². The van der Waals surface area contributed by atoms with E-state index in [0.717, 1.165) is 37.7 Å². The first-order chi connectivity index (χ1) is 15.3. The molecule has 1 N–H and O–H groups in total. The Bertz CT molecular complexity index is 1400. The van der Waals surface area contributed by atoms with Crippen molar-refractivity contribution in [3.8, 4) is 0 Å². The maximum Gasteiger partial charge on any atom is 0.260 e. The van der Waals surface area contributed by atoms with Gasteiger partial charge in [-0.1, -0.05) is 70.5 Å². The molecule has 0 bridgehead atoms. The number of fused-ring (bicyclic) bond motifs is 2. The van der Waals surface area contributed by atoms with Crippen LogP contribution < -0.4 is 9.73 Å². The van der Waals surface area contributed by atoms with E-state index in [0.29, 0.717) is 10.2 Å². The number of benzene rings is 4. The second-order valence-electron chi connectivity index (χ2n) is 7.28. The van der Waals surface area contributed by atoms with E-state index in [4.69, 9.17) is 0 Å². The van der Waals surface area contributed by atoms with Gasteiger partial charge in [-0.25, -0.2) is 13.8 Å². The Morgan fingerprint density at radius 1 is 0.969 bits per heavy atom. The molecule has 0 aliphatic rings. The van der Waals surface area contributed by atoms with Crippen LogP contribution >= 0.6 is 15.9 Å². The molecule has 1 amide bonds. The average Bonchev–Trinajstić information content (AvgIpc) is 2.76. The van der Waals surface area contributed by atoms with Gasteiger partial charge in [0, 0.05) is 10.0 Å². The van der Waals surface area contributed by atoms with Crippen LogP contribution in [-0.2, 0) is 14.8 Å². The van der Waals surface area contributed by atoms with Crippen molar-refractivity contribution in [3.05, 3.63) is 88.9 Å². The van der Waals surface area contributed by atoms with Crippen molar-refractivity contribution >= 4 is 65.3 Å². The molecular weight excluding hydrogens is 490 g/mol. The number of hydrogen-bond donors (Lipinski definition) is 1. The van der Waals surface area contributed by atoms with Crippen molar-refractivity contribution in [2.24, 2.45) is 5.10 Å². The fraction of sp³-hybridized carbons (Fsp3) is 0.0833. The van der Waals surface area contributed by atoms with E-state index in [9.17, 15) is 13.2 Å². The van der Waals surface area contributed by atoms with Crippen LogP contribution in [0.2, 0.25) is 0 Å². The largest absolute Gasteiger partial charge is 0.271 e. The smallest absolute Gasteiger partial charge is 0.260 e. The van der Waals surface area contributed by atoms with Gasteiger partial charge in [0.15, 0.2) is 0 Å². The van der Waals surface area contributed by atoms with Crippen LogP contribution in [0.4, 0.5) is 5.69 Å². The van der Waals surface area contributed by atoms with Crippen molar-refractivity contribution < 1.29 is 13.2 Å². The Balaban J connectivity index is 1.60. The zero-order valence-corrected chi connectivity index (χ0v) is 19.6. The van der Waals surface area contributed by atoms with E-state index in [-0.39, 0.29) is 6.54 Å². The van der Waals surface area contributed by atoms with Crippen LogP contribution in [0.1, 0.15) is 5.56 Å². The maximum absolute atomic E-state index is 12.5. The highest BCUT2D eigenvalue weighted by Gasteiger charge is 2.20. The molecule has 32 heavy (non-hydrogen) atoms. The molecule has 0 saturated carbocycles. The first kappa shape index (κ1) is 22.0. The zero-order valence-electron chi connectivity index (χ0n) is 17.2. The molecule has 0 radical (unpaired) electrons. The number of sulfonamides is 1. The number of rotatable bonds is 6. The van der Waals surface area contributed by atoms with Gasteiger partial charge < -0.3 is 0 Å². The van der Waals surface area contributed by atoms with Gasteiger partial charge in [-0.05, 0) is 45.8 Å². The summed E-state index contributed by atoms with van der Waals surface area (Å²) in [5.41, 5.74) is 3.73. The summed E-state index contributed by atoms with van der Waals surface area (Å²) in [4.78, 5) is 12.5. The molecule has 0 fully saturated rings. The number of halogens is 1. The molecule has 0 aliphatic carbocycles. The standard InChI is InChI=1S/C24H20BrN3O3S/c1-32(30,31)28(20-10-6-9-19(25)14-20)16-24(29)27-26-15-23-21-11-4-2-7-17(21)13-18-8-3-5-12-22(18)23/h2-15H,16H2,1H3,(H,27,29)/b26-15-. The number of carbonyl (C=O) groups excluding carboxylic acids is 1. The lowest BCUT2D eigenvalue weighted by molar-refractivity contribution is -0.119. The summed E-state index contributed by atoms with van der Waals surface area (Å²) in [5, 5.41) is 8.29. The van der Waals surface area contributed by atoms with Gasteiger partial charge in [-0.2, -0.15) is 5.10 Å². The minimum Gasteiger partial charge on any atom is -0.271 e. The van der Waals surface area contributed by atoms with E-state index in [1.54, 1.807) is 30.5 Å². The van der Waals surface area contributed by atoms with Gasteiger partial charge in [0.1, 0.15) is 6.54 Å². The third-order valence-electron chi connectivity index (χ3n) is 4.98. The highest BCUT2D eigenvalue weighted by atomic mass is 79.9. The third-order valence-corrected chi connectivity index (χ3v) is 6.61. The quantitative estimate of drug-likeness (QED) is 0.233. The topological polar surface area (TPSA) is 78.8 Å². The van der Waals surface area contributed by atoms with Gasteiger partial charge in [0.2, 0.25) is 10.0 Å². The monoisotopic (exact) mass is 509 g/mol. The summed E-state index contributed by atoms with van der Waals surface area (Å²) in [6, 6.07) is 24.8. The number of carbonyl (C=O) groups is 1. The Hall–Kier alpha value is -3.23. The summed E-state index contributed by atoms with van der Waals surface area (Å²) in [6.07, 6.45) is 2.67. The van der Waals surface area contributed by atoms with Crippen molar-refractivity contribution in [3.63, 3.8) is 0 Å². The molecule has 162 valence electrons. The highest BCUT2D eigenvalue weighted by Crippen LogP contribution is 2.27. The molecular formula is C24H20BrN3O3S. The molecule has 4 aromatic rings. The fourth-order valence-electron chi connectivity index (χ4n) is 3.55. The van der Waals surface area contributed by atoms with Crippen LogP contribution in [0, 0.1) is 0 Å². The molecule has 0 saturated heterocycles. The van der Waals surface area contributed by atoms with E-state index < -0.39 is 15.9 Å². The average molecular weight is 510 g/mol. The molecule has 0 atom stereocenters. The van der Waals surface area contributed by atoms with Gasteiger partial charge in [-0.3, -0.25) is 9.10 Å². The number of hydrazone groups is 1. The van der Waals surface area contributed by atoms with Crippen molar-refractivity contribution in [1.82, 2.24) is 5.43 Å². The molecule has 0 spiro atoms. The summed E-state index contributed by atoms with van der Waals surface area (Å²) in [6.45, 7) is -0.386. The Labute approximate surface area is 194 Å². The van der Waals surface area contributed by atoms with E-state index in [2.05, 4.69) is 32.5 Å². The highest BCUT2D eigenvalue weighted by molar-refractivity contribution is 9.10. The van der Waals surface area contributed by atoms with Crippen LogP contribution in [0.3, 0.4) is 0 Å². The van der Waals surface area contributed by atoms with Crippen LogP contribution in [0.25, 0.3) is 21.5 Å². The second kappa shape index (κ2) is 9.10. The molecule has 8 heteroatoms. The number of amides is 1. The number of anilines is 1. The lowest BCUT2D eigenvalue weighted by Crippen LogP contribution is -2.39. The minimum absolute atomic E-state index is 0.386. The number of hydrogen-bond acceptors (Lipinski definition) is 4. The summed E-state index contributed by atoms with van der Waals surface area (Å²) in [7, 11) is -3.66. The SMILES string of the molecule is CS(=O)(=O)N(CC(=O)N/N=C\c1c2ccccc2cc2ccccc12)c1cccc(Br)c1. The predicted molar refractivity (Wildman–Crippen MR) is 134 cm³/mol. The van der Waals surface area contributed by atoms with E-state index in [1.165, 1.54) is 0 Å². The fourth-order valence-corrected chi connectivity index (χ4v) is 4.79. The van der Waals surface area contributed by atoms with Gasteiger partial charge in [-0.15, -0.1) is 0 Å². The zero-order chi connectivity index (χ0) is 22.7. The molecule has 0 aromatic heterocycles. The Kier molecular flexibility index (Phi) is 6.25. The predicted octanol–water partition coefficient (Wildman–Crippen LogP) is 4.67. The molecule has 4 aromatic carbocycles. The molecule has 0 heterocycles. The van der Waals surface area contributed by atoms with Gasteiger partial charge >= 0.3 is 0 Å². The first-order valence-corrected chi connectivity index (χ1v) is 12.4. The molecule has 0 aliphatic heterocycles. The maximum atomic E-state index is 12.5. The van der Waals surface area contributed by atoms with Gasteiger partial charge in [0.05, 0.1) is 18.2 Å². The van der Waals surface area contributed by atoms with Crippen molar-refractivity contribution in [1.29, 1.82) is 0 Å². The Morgan fingerprint density at radius 2 is 1.59 bits per heavy atom. The number of nitrogens with one attached hydrogen (secondary N) is 1. The van der Waals surface area contributed by atoms with Crippen molar-refractivity contribution in [2.75, 3.05) is 17.1 Å². The number of nitrogens with zero attached hydrogens (tertiary/aromatic N) is 2. The van der Waals surface area contributed by atoms with Crippen molar-refractivity contribution in [2.45, 2.75) is 0 Å². The molecule has 6 nitrogen and oxygen atoms in total.